The highest BCUT2D eigenvalue weighted by atomic mass is 16.5. The molecule has 0 aliphatic carbocycles. The van der Waals surface area contributed by atoms with Crippen molar-refractivity contribution >= 4 is 0 Å². The second-order valence-corrected chi connectivity index (χ2v) is 4.46. The van der Waals surface area contributed by atoms with E-state index in [1.54, 1.807) is 6.33 Å². The molecule has 2 heterocycles. The highest BCUT2D eigenvalue weighted by Crippen LogP contribution is 2.32. The van der Waals surface area contributed by atoms with Crippen LogP contribution < -0.4 is 10.5 Å². The van der Waals surface area contributed by atoms with Crippen molar-refractivity contribution in [1.82, 2.24) is 9.55 Å². The Hall–Kier alpha value is -1.81. The molecular weight excluding hydrogens is 214 g/mol. The molecule has 0 spiro atoms. The van der Waals surface area contributed by atoms with Crippen LogP contribution in [0.4, 0.5) is 0 Å². The first-order chi connectivity index (χ1) is 8.24. The molecule has 0 bridgehead atoms. The summed E-state index contributed by atoms with van der Waals surface area (Å²) >= 11 is 0. The second-order valence-electron chi connectivity index (χ2n) is 4.46. The summed E-state index contributed by atoms with van der Waals surface area (Å²) in [4.78, 5) is 4.28. The number of fused-ring (bicyclic) bond motifs is 1. The summed E-state index contributed by atoms with van der Waals surface area (Å²) in [7, 11) is 1.94. The molecule has 1 aliphatic heterocycles. The van der Waals surface area contributed by atoms with Gasteiger partial charge in [-0.2, -0.15) is 0 Å². The van der Waals surface area contributed by atoms with Crippen molar-refractivity contribution in [2.24, 2.45) is 12.8 Å². The zero-order valence-electron chi connectivity index (χ0n) is 9.71. The van der Waals surface area contributed by atoms with Gasteiger partial charge in [0.1, 0.15) is 11.9 Å². The molecule has 1 aromatic heterocycles. The molecule has 1 aliphatic rings. The molecule has 2 unspecified atom stereocenters. The number of hydrogen-bond donors (Lipinski definition) is 1. The minimum Gasteiger partial charge on any atom is -0.488 e. The van der Waals surface area contributed by atoms with Crippen LogP contribution in [0, 0.1) is 0 Å². The fourth-order valence-corrected chi connectivity index (χ4v) is 2.20. The second kappa shape index (κ2) is 3.89. The maximum atomic E-state index is 6.19. The third-order valence-corrected chi connectivity index (χ3v) is 3.14. The number of benzene rings is 1. The summed E-state index contributed by atoms with van der Waals surface area (Å²) in [5, 5.41) is 0. The van der Waals surface area contributed by atoms with Gasteiger partial charge in [0.25, 0.3) is 0 Å². The third-order valence-electron chi connectivity index (χ3n) is 3.14. The molecule has 2 N–H and O–H groups in total. The maximum Gasteiger partial charge on any atom is 0.124 e. The monoisotopic (exact) mass is 229 g/mol. The number of imidazole rings is 1. The lowest BCUT2D eigenvalue weighted by atomic mass is 10.0. The van der Waals surface area contributed by atoms with Gasteiger partial charge in [-0.05, 0) is 11.6 Å². The quantitative estimate of drug-likeness (QED) is 0.847. The number of para-hydroxylation sites is 1. The van der Waals surface area contributed by atoms with E-state index in [0.717, 1.165) is 17.9 Å². The molecule has 4 heteroatoms. The summed E-state index contributed by atoms with van der Waals surface area (Å²) in [6.45, 7) is 0. The van der Waals surface area contributed by atoms with Crippen LogP contribution in [0.5, 0.6) is 5.75 Å². The van der Waals surface area contributed by atoms with E-state index < -0.39 is 0 Å². The van der Waals surface area contributed by atoms with E-state index in [1.165, 1.54) is 5.56 Å². The van der Waals surface area contributed by atoms with Gasteiger partial charge in [0.2, 0.25) is 0 Å². The first-order valence-corrected chi connectivity index (χ1v) is 5.72. The van der Waals surface area contributed by atoms with Crippen LogP contribution in [0.15, 0.2) is 36.8 Å². The Bertz CT molecular complexity index is 510. The molecule has 0 saturated heterocycles. The van der Waals surface area contributed by atoms with Crippen molar-refractivity contribution in [3.63, 3.8) is 0 Å². The Kier molecular flexibility index (Phi) is 2.37. The van der Waals surface area contributed by atoms with Crippen LogP contribution in [0.2, 0.25) is 0 Å². The van der Waals surface area contributed by atoms with Gasteiger partial charge in [0.15, 0.2) is 0 Å². The molecule has 2 atom stereocenters. The smallest absolute Gasteiger partial charge is 0.124 e. The van der Waals surface area contributed by atoms with Crippen molar-refractivity contribution in [3.05, 3.63) is 48.0 Å². The molecule has 0 radical (unpaired) electrons. The highest BCUT2D eigenvalue weighted by Gasteiger charge is 2.29. The average Bonchev–Trinajstić information content (AvgIpc) is 2.93. The van der Waals surface area contributed by atoms with Crippen LogP contribution in [0.1, 0.15) is 17.3 Å². The molecule has 0 fully saturated rings. The summed E-state index contributed by atoms with van der Waals surface area (Å²) in [5.41, 5.74) is 8.30. The first kappa shape index (κ1) is 10.4. The van der Waals surface area contributed by atoms with Crippen LogP contribution in [0.25, 0.3) is 0 Å². The Balaban J connectivity index is 1.80. The SMILES string of the molecule is Cn1cnc(C(N)C2Cc3ccccc3O2)c1. The summed E-state index contributed by atoms with van der Waals surface area (Å²) < 4.78 is 7.76. The maximum absolute atomic E-state index is 6.19. The van der Waals surface area contributed by atoms with Crippen molar-refractivity contribution < 1.29 is 4.74 Å². The van der Waals surface area contributed by atoms with Crippen molar-refractivity contribution in [1.29, 1.82) is 0 Å². The van der Waals surface area contributed by atoms with Gasteiger partial charge >= 0.3 is 0 Å². The number of ether oxygens (including phenoxy) is 1. The van der Waals surface area contributed by atoms with Crippen LogP contribution in [-0.2, 0) is 13.5 Å². The zero-order valence-corrected chi connectivity index (χ0v) is 9.71. The minimum absolute atomic E-state index is 0.0118. The van der Waals surface area contributed by atoms with Gasteiger partial charge in [-0.3, -0.25) is 0 Å². The van der Waals surface area contributed by atoms with E-state index in [9.17, 15) is 0 Å². The molecule has 4 nitrogen and oxygen atoms in total. The highest BCUT2D eigenvalue weighted by molar-refractivity contribution is 5.38. The molecule has 1 aromatic carbocycles. The van der Waals surface area contributed by atoms with Gasteiger partial charge in [-0.25, -0.2) is 4.98 Å². The predicted molar refractivity (Wildman–Crippen MR) is 64.7 cm³/mol. The standard InChI is InChI=1S/C13H15N3O/c1-16-7-10(15-8-16)13(14)12-6-9-4-2-3-5-11(9)17-12/h2-5,7-8,12-13H,6,14H2,1H3. The summed E-state index contributed by atoms with van der Waals surface area (Å²) in [5.74, 6) is 0.948. The molecule has 88 valence electrons. The Morgan fingerprint density at radius 3 is 3.00 bits per heavy atom. The van der Waals surface area contributed by atoms with Gasteiger partial charge in [-0.15, -0.1) is 0 Å². The number of rotatable bonds is 2. The van der Waals surface area contributed by atoms with E-state index in [0.29, 0.717) is 0 Å². The van der Waals surface area contributed by atoms with E-state index in [4.69, 9.17) is 10.5 Å². The minimum atomic E-state index is -0.177. The number of aromatic nitrogens is 2. The lowest BCUT2D eigenvalue weighted by molar-refractivity contribution is 0.198. The Labute approximate surface area is 100 Å². The molecule has 0 amide bonds. The fourth-order valence-electron chi connectivity index (χ4n) is 2.20. The van der Waals surface area contributed by atoms with Crippen LogP contribution in [-0.4, -0.2) is 15.7 Å². The normalized spacial score (nSPS) is 19.8. The predicted octanol–water partition coefficient (Wildman–Crippen LogP) is 1.42. The summed E-state index contributed by atoms with van der Waals surface area (Å²) in [6, 6.07) is 7.90. The third kappa shape index (κ3) is 1.80. The van der Waals surface area contributed by atoms with Gasteiger partial charge in [0.05, 0.1) is 18.1 Å². The molecule has 3 rings (SSSR count). The average molecular weight is 229 g/mol. The molecule has 17 heavy (non-hydrogen) atoms. The van der Waals surface area contributed by atoms with E-state index in [-0.39, 0.29) is 12.1 Å². The first-order valence-electron chi connectivity index (χ1n) is 5.72. The lowest BCUT2D eigenvalue weighted by Gasteiger charge is -2.16. The Morgan fingerprint density at radius 1 is 1.47 bits per heavy atom. The van der Waals surface area contributed by atoms with Crippen molar-refractivity contribution in [3.8, 4) is 5.75 Å². The number of hydrogen-bond acceptors (Lipinski definition) is 3. The van der Waals surface area contributed by atoms with Crippen LogP contribution >= 0.6 is 0 Å². The van der Waals surface area contributed by atoms with Crippen molar-refractivity contribution in [2.75, 3.05) is 0 Å². The number of nitrogens with two attached hydrogens (primary N) is 1. The fraction of sp³-hybridized carbons (Fsp3) is 0.308. The molecule has 0 saturated carbocycles. The summed E-state index contributed by atoms with van der Waals surface area (Å²) in [6.07, 6.45) is 4.55. The van der Waals surface area contributed by atoms with E-state index in [1.807, 2.05) is 36.0 Å². The van der Waals surface area contributed by atoms with Gasteiger partial charge in [0, 0.05) is 19.7 Å². The van der Waals surface area contributed by atoms with Crippen LogP contribution in [0.3, 0.4) is 0 Å². The lowest BCUT2D eigenvalue weighted by Crippen LogP contribution is -2.30. The molecule has 2 aromatic rings. The van der Waals surface area contributed by atoms with Gasteiger partial charge < -0.3 is 15.0 Å². The van der Waals surface area contributed by atoms with Gasteiger partial charge in [-0.1, -0.05) is 18.2 Å². The molecular formula is C13H15N3O. The number of nitrogens with zero attached hydrogens (tertiary/aromatic N) is 2. The Morgan fingerprint density at radius 2 is 2.29 bits per heavy atom. The van der Waals surface area contributed by atoms with Crippen molar-refractivity contribution in [2.45, 2.75) is 18.6 Å². The topological polar surface area (TPSA) is 53.1 Å². The zero-order chi connectivity index (χ0) is 11.8. The van der Waals surface area contributed by atoms with E-state index in [2.05, 4.69) is 11.1 Å². The number of aryl methyl sites for hydroxylation is 1. The largest absolute Gasteiger partial charge is 0.488 e. The van der Waals surface area contributed by atoms with E-state index >= 15 is 0 Å².